The van der Waals surface area contributed by atoms with Crippen LogP contribution in [-0.4, -0.2) is 22.5 Å². The molecular weight excluding hydrogens is 282 g/mol. The molecule has 0 bridgehead atoms. The van der Waals surface area contributed by atoms with Gasteiger partial charge in [0, 0.05) is 29.2 Å². The number of benzene rings is 1. The Morgan fingerprint density at radius 3 is 2.90 bits per heavy atom. The van der Waals surface area contributed by atoms with Crippen LogP contribution in [0.1, 0.15) is 37.9 Å². The van der Waals surface area contributed by atoms with Gasteiger partial charge in [-0.05, 0) is 50.4 Å². The Morgan fingerprint density at radius 2 is 2.19 bits per heavy atom. The van der Waals surface area contributed by atoms with E-state index in [1.807, 2.05) is 12.1 Å². The molecule has 1 aliphatic rings. The molecule has 0 unspecified atom stereocenters. The zero-order valence-corrected chi connectivity index (χ0v) is 13.2. The SMILES string of the molecule is C[C@H]1CCN(Cc2cc3cc(Cl)c(C#N)cc3[nH]2)[C@@H](C)C1. The second-order valence-electron chi connectivity index (χ2n) is 6.27. The molecule has 3 nitrogen and oxygen atoms in total. The summed E-state index contributed by atoms with van der Waals surface area (Å²) < 4.78 is 0. The van der Waals surface area contributed by atoms with Crippen LogP contribution >= 0.6 is 11.6 Å². The Balaban J connectivity index is 1.83. The molecule has 1 aromatic heterocycles. The average molecular weight is 302 g/mol. The average Bonchev–Trinajstić information content (AvgIpc) is 2.82. The van der Waals surface area contributed by atoms with Gasteiger partial charge in [-0.1, -0.05) is 18.5 Å². The minimum absolute atomic E-state index is 0.524. The molecule has 0 aliphatic carbocycles. The van der Waals surface area contributed by atoms with Crippen molar-refractivity contribution >= 4 is 22.5 Å². The van der Waals surface area contributed by atoms with Crippen molar-refractivity contribution in [2.75, 3.05) is 6.54 Å². The normalized spacial score (nSPS) is 23.3. The largest absolute Gasteiger partial charge is 0.357 e. The van der Waals surface area contributed by atoms with Crippen molar-refractivity contribution in [1.82, 2.24) is 9.88 Å². The molecular formula is C17H20ClN3. The van der Waals surface area contributed by atoms with Crippen molar-refractivity contribution < 1.29 is 0 Å². The lowest BCUT2D eigenvalue weighted by molar-refractivity contribution is 0.121. The van der Waals surface area contributed by atoms with E-state index < -0.39 is 0 Å². The van der Waals surface area contributed by atoms with Crippen molar-refractivity contribution in [3.05, 3.63) is 34.5 Å². The van der Waals surface area contributed by atoms with Crippen molar-refractivity contribution in [3.63, 3.8) is 0 Å². The molecule has 1 saturated heterocycles. The molecule has 2 aromatic rings. The van der Waals surface area contributed by atoms with Gasteiger partial charge in [-0.3, -0.25) is 4.90 Å². The van der Waals surface area contributed by atoms with E-state index in [1.54, 1.807) is 0 Å². The highest BCUT2D eigenvalue weighted by Crippen LogP contribution is 2.27. The van der Waals surface area contributed by atoms with Crippen molar-refractivity contribution in [3.8, 4) is 6.07 Å². The first kappa shape index (κ1) is 14.4. The Morgan fingerprint density at radius 1 is 1.38 bits per heavy atom. The van der Waals surface area contributed by atoms with E-state index >= 15 is 0 Å². The smallest absolute Gasteiger partial charge is 0.101 e. The molecule has 1 aliphatic heterocycles. The molecule has 21 heavy (non-hydrogen) atoms. The lowest BCUT2D eigenvalue weighted by Crippen LogP contribution is -2.39. The Kier molecular flexibility index (Phi) is 3.93. The van der Waals surface area contributed by atoms with E-state index in [0.29, 0.717) is 16.6 Å². The molecule has 1 aromatic carbocycles. The van der Waals surface area contributed by atoms with Gasteiger partial charge in [-0.15, -0.1) is 0 Å². The number of rotatable bonds is 2. The number of likely N-dealkylation sites (tertiary alicyclic amines) is 1. The van der Waals surface area contributed by atoms with Gasteiger partial charge in [-0.2, -0.15) is 5.26 Å². The van der Waals surface area contributed by atoms with E-state index in [-0.39, 0.29) is 0 Å². The highest BCUT2D eigenvalue weighted by atomic mass is 35.5. The van der Waals surface area contributed by atoms with Crippen LogP contribution < -0.4 is 0 Å². The molecule has 0 radical (unpaired) electrons. The first-order valence-electron chi connectivity index (χ1n) is 7.52. The van der Waals surface area contributed by atoms with E-state index in [2.05, 4.69) is 35.9 Å². The van der Waals surface area contributed by atoms with E-state index in [1.165, 1.54) is 18.5 Å². The van der Waals surface area contributed by atoms with Crippen LogP contribution in [0.4, 0.5) is 0 Å². The Bertz CT molecular complexity index is 698. The summed E-state index contributed by atoms with van der Waals surface area (Å²) in [6.45, 7) is 6.73. The second-order valence-corrected chi connectivity index (χ2v) is 6.68. The number of nitrogens with zero attached hydrogens (tertiary/aromatic N) is 2. The Hall–Kier alpha value is -1.50. The zero-order valence-electron chi connectivity index (χ0n) is 12.5. The summed E-state index contributed by atoms with van der Waals surface area (Å²) in [5.74, 6) is 0.830. The molecule has 110 valence electrons. The van der Waals surface area contributed by atoms with Crippen molar-refractivity contribution in [2.24, 2.45) is 5.92 Å². The zero-order chi connectivity index (χ0) is 15.0. The Labute approximate surface area is 130 Å². The third-order valence-corrected chi connectivity index (χ3v) is 4.85. The summed E-state index contributed by atoms with van der Waals surface area (Å²) in [7, 11) is 0. The highest BCUT2D eigenvalue weighted by Gasteiger charge is 2.23. The number of piperidine rings is 1. The maximum Gasteiger partial charge on any atom is 0.101 e. The number of nitriles is 1. The van der Waals surface area contributed by atoms with Crippen LogP contribution in [0.15, 0.2) is 18.2 Å². The molecule has 0 amide bonds. The molecule has 1 N–H and O–H groups in total. The molecule has 0 spiro atoms. The third kappa shape index (κ3) is 2.92. The van der Waals surface area contributed by atoms with E-state index in [0.717, 1.165) is 29.9 Å². The van der Waals surface area contributed by atoms with Crippen LogP contribution in [0.3, 0.4) is 0 Å². The summed E-state index contributed by atoms with van der Waals surface area (Å²) >= 11 is 6.10. The summed E-state index contributed by atoms with van der Waals surface area (Å²) in [6, 6.07) is 8.61. The van der Waals surface area contributed by atoms with E-state index in [4.69, 9.17) is 16.9 Å². The molecule has 2 heterocycles. The maximum atomic E-state index is 9.05. The minimum Gasteiger partial charge on any atom is -0.357 e. The van der Waals surface area contributed by atoms with E-state index in [9.17, 15) is 0 Å². The van der Waals surface area contributed by atoms with Gasteiger partial charge in [0.05, 0.1) is 10.6 Å². The van der Waals surface area contributed by atoms with Gasteiger partial charge >= 0.3 is 0 Å². The summed E-state index contributed by atoms with van der Waals surface area (Å²) in [4.78, 5) is 5.95. The van der Waals surface area contributed by atoms with Gasteiger partial charge in [0.1, 0.15) is 6.07 Å². The van der Waals surface area contributed by atoms with Crippen LogP contribution in [0, 0.1) is 17.2 Å². The predicted octanol–water partition coefficient (Wildman–Crippen LogP) is 4.31. The van der Waals surface area contributed by atoms with Crippen LogP contribution in [0.25, 0.3) is 10.9 Å². The van der Waals surface area contributed by atoms with Gasteiger partial charge in [-0.25, -0.2) is 0 Å². The molecule has 3 rings (SSSR count). The number of halogens is 1. The van der Waals surface area contributed by atoms with Crippen LogP contribution in [0.2, 0.25) is 5.02 Å². The van der Waals surface area contributed by atoms with Crippen molar-refractivity contribution in [1.29, 1.82) is 5.26 Å². The number of hydrogen-bond donors (Lipinski definition) is 1. The molecule has 4 heteroatoms. The first-order chi connectivity index (χ1) is 10.1. The standard InChI is InChI=1S/C17H20ClN3/c1-11-3-4-21(12(2)5-11)10-15-6-13-7-16(18)14(9-19)8-17(13)20-15/h6-8,11-12,20H,3-5,10H2,1-2H3/t11-,12-/m0/s1. The number of nitrogens with one attached hydrogen (secondary N) is 1. The van der Waals surface area contributed by atoms with Crippen molar-refractivity contribution in [2.45, 2.75) is 39.3 Å². The van der Waals surface area contributed by atoms with Gasteiger partial charge in [0.15, 0.2) is 0 Å². The number of aromatic nitrogens is 1. The summed E-state index contributed by atoms with van der Waals surface area (Å²) in [6.07, 6.45) is 2.54. The van der Waals surface area contributed by atoms with Gasteiger partial charge in [0.25, 0.3) is 0 Å². The van der Waals surface area contributed by atoms with Crippen LogP contribution in [0.5, 0.6) is 0 Å². The third-order valence-electron chi connectivity index (χ3n) is 4.53. The van der Waals surface area contributed by atoms with Gasteiger partial charge < -0.3 is 4.98 Å². The quantitative estimate of drug-likeness (QED) is 0.898. The summed E-state index contributed by atoms with van der Waals surface area (Å²) in [5, 5.41) is 10.6. The maximum absolute atomic E-state index is 9.05. The first-order valence-corrected chi connectivity index (χ1v) is 7.90. The topological polar surface area (TPSA) is 42.8 Å². The fraction of sp³-hybridized carbons (Fsp3) is 0.471. The lowest BCUT2D eigenvalue weighted by Gasteiger charge is -2.36. The lowest BCUT2D eigenvalue weighted by atomic mass is 9.93. The molecule has 1 fully saturated rings. The fourth-order valence-electron chi connectivity index (χ4n) is 3.29. The van der Waals surface area contributed by atoms with Gasteiger partial charge in [0.2, 0.25) is 0 Å². The number of fused-ring (bicyclic) bond motifs is 1. The second kappa shape index (κ2) is 5.71. The summed E-state index contributed by atoms with van der Waals surface area (Å²) in [5.41, 5.74) is 2.71. The molecule has 2 atom stereocenters. The minimum atomic E-state index is 0.524. The molecule has 0 saturated carbocycles. The predicted molar refractivity (Wildman–Crippen MR) is 86.3 cm³/mol. The van der Waals surface area contributed by atoms with Crippen LogP contribution in [-0.2, 0) is 6.54 Å². The highest BCUT2D eigenvalue weighted by molar-refractivity contribution is 6.32. The number of aromatic amines is 1. The fourth-order valence-corrected chi connectivity index (χ4v) is 3.51. The number of hydrogen-bond acceptors (Lipinski definition) is 2. The monoisotopic (exact) mass is 301 g/mol. The number of H-pyrrole nitrogens is 1.